The standard InChI is InChI=1S/C21H14ClNO6S2/c1-28-15-7-4-13-10-16(21(25)29-17(13)11-15)20(24)12-2-5-14(6-3-12)23-31(26,27)19-9-8-18(22)30-19/h2-11,23H,1H3. The number of hydrogen-bond acceptors (Lipinski definition) is 7. The molecule has 0 saturated carbocycles. The Morgan fingerprint density at radius 1 is 1.06 bits per heavy atom. The summed E-state index contributed by atoms with van der Waals surface area (Å²) in [5.74, 6) is -0.0106. The predicted molar refractivity (Wildman–Crippen MR) is 119 cm³/mol. The summed E-state index contributed by atoms with van der Waals surface area (Å²) in [7, 11) is -2.29. The Morgan fingerprint density at radius 3 is 2.45 bits per heavy atom. The molecule has 4 rings (SSSR count). The van der Waals surface area contributed by atoms with Gasteiger partial charge in [-0.05, 0) is 54.6 Å². The predicted octanol–water partition coefficient (Wildman–Crippen LogP) is 4.55. The Labute approximate surface area is 185 Å². The highest BCUT2D eigenvalue weighted by Crippen LogP contribution is 2.27. The molecule has 0 fully saturated rings. The van der Waals surface area contributed by atoms with E-state index >= 15 is 0 Å². The van der Waals surface area contributed by atoms with E-state index in [0.717, 1.165) is 11.3 Å². The summed E-state index contributed by atoms with van der Waals surface area (Å²) in [6.07, 6.45) is 0. The molecule has 158 valence electrons. The van der Waals surface area contributed by atoms with Crippen LogP contribution in [-0.2, 0) is 10.0 Å². The summed E-state index contributed by atoms with van der Waals surface area (Å²) < 4.78 is 38.0. The number of fused-ring (bicyclic) bond motifs is 1. The van der Waals surface area contributed by atoms with Gasteiger partial charge >= 0.3 is 5.63 Å². The lowest BCUT2D eigenvalue weighted by atomic mass is 10.0. The van der Waals surface area contributed by atoms with Crippen LogP contribution in [0.25, 0.3) is 11.0 Å². The van der Waals surface area contributed by atoms with Crippen molar-refractivity contribution in [3.05, 3.63) is 86.5 Å². The Balaban J connectivity index is 1.60. The lowest BCUT2D eigenvalue weighted by Crippen LogP contribution is -2.15. The van der Waals surface area contributed by atoms with E-state index in [9.17, 15) is 18.0 Å². The van der Waals surface area contributed by atoms with Crippen LogP contribution in [0.2, 0.25) is 4.34 Å². The summed E-state index contributed by atoms with van der Waals surface area (Å²) in [4.78, 5) is 25.1. The van der Waals surface area contributed by atoms with Gasteiger partial charge in [0.05, 0.1) is 11.4 Å². The third-order valence-corrected chi connectivity index (χ3v) is 7.50. The maximum Gasteiger partial charge on any atom is 0.347 e. The van der Waals surface area contributed by atoms with E-state index < -0.39 is 21.4 Å². The van der Waals surface area contributed by atoms with E-state index in [-0.39, 0.29) is 21.0 Å². The minimum absolute atomic E-state index is 0.0723. The fraction of sp³-hybridized carbons (Fsp3) is 0.0476. The van der Waals surface area contributed by atoms with E-state index in [1.54, 1.807) is 18.2 Å². The fourth-order valence-corrected chi connectivity index (χ4v) is 5.41. The van der Waals surface area contributed by atoms with E-state index in [1.807, 2.05) is 0 Å². The quantitative estimate of drug-likeness (QED) is 0.324. The van der Waals surface area contributed by atoms with Gasteiger partial charge in [-0.3, -0.25) is 9.52 Å². The van der Waals surface area contributed by atoms with E-state index in [0.29, 0.717) is 21.1 Å². The number of hydrogen-bond donors (Lipinski definition) is 1. The van der Waals surface area contributed by atoms with Gasteiger partial charge < -0.3 is 9.15 Å². The zero-order chi connectivity index (χ0) is 22.2. The average molecular weight is 476 g/mol. The summed E-state index contributed by atoms with van der Waals surface area (Å²) in [6.45, 7) is 0. The molecule has 0 radical (unpaired) electrons. The number of sulfonamides is 1. The van der Waals surface area contributed by atoms with Crippen molar-refractivity contribution in [1.82, 2.24) is 0 Å². The van der Waals surface area contributed by atoms with Gasteiger partial charge in [0.2, 0.25) is 0 Å². The Morgan fingerprint density at radius 2 is 1.81 bits per heavy atom. The van der Waals surface area contributed by atoms with Crippen LogP contribution in [0.15, 0.2) is 74.1 Å². The lowest BCUT2D eigenvalue weighted by molar-refractivity contribution is 0.103. The first-order chi connectivity index (χ1) is 14.8. The highest BCUT2D eigenvalue weighted by atomic mass is 35.5. The molecule has 2 aromatic heterocycles. The topological polar surface area (TPSA) is 103 Å². The number of rotatable bonds is 6. The van der Waals surface area contributed by atoms with Crippen molar-refractivity contribution in [3.8, 4) is 5.75 Å². The first kappa shape index (κ1) is 21.1. The molecule has 0 bridgehead atoms. The van der Waals surface area contributed by atoms with Gasteiger partial charge in [-0.2, -0.15) is 0 Å². The minimum atomic E-state index is -3.79. The van der Waals surface area contributed by atoms with E-state index in [1.165, 1.54) is 49.6 Å². The SMILES string of the molecule is COc1ccc2cc(C(=O)c3ccc(NS(=O)(=O)c4ccc(Cl)s4)cc3)c(=O)oc2c1. The molecular formula is C21H14ClNO6S2. The molecule has 0 atom stereocenters. The number of benzene rings is 2. The highest BCUT2D eigenvalue weighted by Gasteiger charge is 2.19. The first-order valence-electron chi connectivity index (χ1n) is 8.82. The third-order valence-electron chi connectivity index (χ3n) is 4.40. The summed E-state index contributed by atoms with van der Waals surface area (Å²) in [5, 5.41) is 0.572. The van der Waals surface area contributed by atoms with Gasteiger partial charge in [0, 0.05) is 22.7 Å². The lowest BCUT2D eigenvalue weighted by Gasteiger charge is -2.07. The molecular weight excluding hydrogens is 462 g/mol. The first-order valence-corrected chi connectivity index (χ1v) is 11.5. The molecule has 0 spiro atoms. The smallest absolute Gasteiger partial charge is 0.347 e. The number of ether oxygens (including phenoxy) is 1. The van der Waals surface area contributed by atoms with Gasteiger partial charge in [0.25, 0.3) is 10.0 Å². The second-order valence-corrected chi connectivity index (χ2v) is 10.0. The highest BCUT2D eigenvalue weighted by molar-refractivity contribution is 7.94. The van der Waals surface area contributed by atoms with Crippen molar-refractivity contribution in [2.45, 2.75) is 4.21 Å². The minimum Gasteiger partial charge on any atom is -0.497 e. The maximum atomic E-state index is 12.8. The molecule has 0 aliphatic heterocycles. The number of anilines is 1. The number of thiophene rings is 1. The number of halogens is 1. The van der Waals surface area contributed by atoms with Crippen molar-refractivity contribution in [2.24, 2.45) is 0 Å². The van der Waals surface area contributed by atoms with Gasteiger partial charge in [0.1, 0.15) is 21.1 Å². The Hall–Kier alpha value is -3.14. The van der Waals surface area contributed by atoms with Crippen LogP contribution in [0.3, 0.4) is 0 Å². The molecule has 0 amide bonds. The van der Waals surface area contributed by atoms with Crippen LogP contribution in [0.1, 0.15) is 15.9 Å². The molecule has 1 N–H and O–H groups in total. The Kier molecular flexibility index (Phi) is 5.57. The van der Waals surface area contributed by atoms with Crippen LogP contribution in [-0.4, -0.2) is 21.3 Å². The number of ketones is 1. The second-order valence-electron chi connectivity index (χ2n) is 6.42. The van der Waals surface area contributed by atoms with Crippen LogP contribution in [0.5, 0.6) is 5.75 Å². The Bertz CT molecular complexity index is 1460. The molecule has 2 heterocycles. The van der Waals surface area contributed by atoms with Crippen molar-refractivity contribution in [2.75, 3.05) is 11.8 Å². The normalized spacial score (nSPS) is 11.4. The molecule has 7 nitrogen and oxygen atoms in total. The summed E-state index contributed by atoms with van der Waals surface area (Å²) in [6, 6.07) is 15.0. The van der Waals surface area contributed by atoms with Crippen molar-refractivity contribution < 1.29 is 22.4 Å². The van der Waals surface area contributed by atoms with Crippen LogP contribution in [0, 0.1) is 0 Å². The van der Waals surface area contributed by atoms with E-state index in [4.69, 9.17) is 20.8 Å². The number of carbonyl (C=O) groups is 1. The maximum absolute atomic E-state index is 12.8. The van der Waals surface area contributed by atoms with Crippen LogP contribution >= 0.6 is 22.9 Å². The number of nitrogens with one attached hydrogen (secondary N) is 1. The molecule has 10 heteroatoms. The third kappa shape index (κ3) is 4.34. The molecule has 31 heavy (non-hydrogen) atoms. The molecule has 4 aromatic rings. The molecule has 0 unspecified atom stereocenters. The average Bonchev–Trinajstić information content (AvgIpc) is 3.20. The monoisotopic (exact) mass is 475 g/mol. The van der Waals surface area contributed by atoms with Crippen LogP contribution < -0.4 is 15.1 Å². The fourth-order valence-electron chi connectivity index (χ4n) is 2.87. The zero-order valence-corrected chi connectivity index (χ0v) is 18.3. The summed E-state index contributed by atoms with van der Waals surface area (Å²) >= 11 is 6.73. The van der Waals surface area contributed by atoms with Crippen molar-refractivity contribution in [3.63, 3.8) is 0 Å². The van der Waals surface area contributed by atoms with Gasteiger partial charge in [-0.15, -0.1) is 11.3 Å². The molecule has 2 aromatic carbocycles. The zero-order valence-electron chi connectivity index (χ0n) is 15.9. The van der Waals surface area contributed by atoms with Gasteiger partial charge in [0.15, 0.2) is 5.78 Å². The van der Waals surface area contributed by atoms with Gasteiger partial charge in [-0.25, -0.2) is 13.2 Å². The molecule has 0 saturated heterocycles. The molecule has 0 aliphatic carbocycles. The van der Waals surface area contributed by atoms with Gasteiger partial charge in [-0.1, -0.05) is 11.6 Å². The number of methoxy groups -OCH3 is 1. The van der Waals surface area contributed by atoms with Crippen molar-refractivity contribution >= 4 is 55.4 Å². The molecule has 0 aliphatic rings. The second kappa shape index (κ2) is 8.18. The van der Waals surface area contributed by atoms with Crippen LogP contribution in [0.4, 0.5) is 5.69 Å². The van der Waals surface area contributed by atoms with Crippen molar-refractivity contribution in [1.29, 1.82) is 0 Å². The van der Waals surface area contributed by atoms with E-state index in [2.05, 4.69) is 4.72 Å². The number of carbonyl (C=O) groups excluding carboxylic acids is 1. The largest absolute Gasteiger partial charge is 0.497 e. The summed E-state index contributed by atoms with van der Waals surface area (Å²) in [5.41, 5.74) is -0.121.